The third kappa shape index (κ3) is 7.01. The number of nitrogens with zero attached hydrogens (tertiary/aromatic N) is 1. The molecule has 2 N–H and O–H groups in total. The van der Waals surface area contributed by atoms with Crippen molar-refractivity contribution in [1.29, 1.82) is 0 Å². The van der Waals surface area contributed by atoms with Crippen LogP contribution in [0, 0.1) is 5.92 Å². The van der Waals surface area contributed by atoms with Gasteiger partial charge in [0.25, 0.3) is 5.91 Å². The first-order valence-electron chi connectivity index (χ1n) is 16.1. The maximum absolute atomic E-state index is 13.4. The second kappa shape index (κ2) is 14.1. The smallest absolute Gasteiger partial charge is 0.251 e. The molecule has 4 aromatic rings. The molecule has 4 aromatic carbocycles. The molecule has 3 unspecified atom stereocenters. The van der Waals surface area contributed by atoms with Gasteiger partial charge in [0.2, 0.25) is 0 Å². The molecule has 1 saturated heterocycles. The lowest BCUT2D eigenvalue weighted by Crippen LogP contribution is -2.36. The largest absolute Gasteiger partial charge is 0.388 e. The summed E-state index contributed by atoms with van der Waals surface area (Å²) < 4.78 is 0. The molecule has 1 aliphatic carbocycles. The minimum atomic E-state index is -0.757. The normalized spacial score (nSPS) is 18.8. The number of benzene rings is 4. The number of aryl methyl sites for hydroxylation is 1. The number of hydrogen-bond acceptors (Lipinski definition) is 4. The highest BCUT2D eigenvalue weighted by atomic mass is 16.3. The van der Waals surface area contributed by atoms with Gasteiger partial charge in [-0.1, -0.05) is 97.1 Å². The van der Waals surface area contributed by atoms with E-state index in [4.69, 9.17) is 0 Å². The zero-order valence-corrected chi connectivity index (χ0v) is 25.3. The molecule has 1 aliphatic heterocycles. The second-order valence-corrected chi connectivity index (χ2v) is 12.4. The van der Waals surface area contributed by atoms with E-state index in [9.17, 15) is 14.7 Å². The molecule has 2 aliphatic rings. The van der Waals surface area contributed by atoms with E-state index in [-0.39, 0.29) is 23.5 Å². The lowest BCUT2D eigenvalue weighted by Gasteiger charge is -2.33. The van der Waals surface area contributed by atoms with Gasteiger partial charge >= 0.3 is 0 Å². The number of piperidine rings is 1. The molecule has 226 valence electrons. The monoisotopic (exact) mass is 586 g/mol. The van der Waals surface area contributed by atoms with Crippen molar-refractivity contribution >= 4 is 11.7 Å². The van der Waals surface area contributed by atoms with Gasteiger partial charge < -0.3 is 15.3 Å². The minimum absolute atomic E-state index is 0.0418. The second-order valence-electron chi connectivity index (χ2n) is 12.4. The zero-order valence-electron chi connectivity index (χ0n) is 25.3. The van der Waals surface area contributed by atoms with Crippen molar-refractivity contribution in [3.8, 4) is 0 Å². The third-order valence-corrected chi connectivity index (χ3v) is 9.65. The summed E-state index contributed by atoms with van der Waals surface area (Å²) in [6.07, 6.45) is 4.12. The SMILES string of the molecule is O=C(NCC(c1ccccc1)C(O)c1ccccc1)c1ccc2c(c1)CCC(CCN1CCC(c3ccccc3)CC1)C2=O. The van der Waals surface area contributed by atoms with E-state index in [0.29, 0.717) is 18.0 Å². The summed E-state index contributed by atoms with van der Waals surface area (Å²) in [6.45, 7) is 3.43. The molecule has 6 rings (SSSR count). The van der Waals surface area contributed by atoms with Gasteiger partial charge in [-0.2, -0.15) is 0 Å². The molecule has 0 radical (unpaired) electrons. The fraction of sp³-hybridized carbons (Fsp3) is 0.333. The van der Waals surface area contributed by atoms with Crippen molar-refractivity contribution in [3.05, 3.63) is 143 Å². The topological polar surface area (TPSA) is 69.6 Å². The summed E-state index contributed by atoms with van der Waals surface area (Å²) in [5.41, 5.74) is 5.51. The molecular formula is C39H42N2O3. The van der Waals surface area contributed by atoms with E-state index in [1.807, 2.05) is 72.8 Å². The zero-order chi connectivity index (χ0) is 30.3. The highest BCUT2D eigenvalue weighted by Gasteiger charge is 2.30. The maximum Gasteiger partial charge on any atom is 0.251 e. The van der Waals surface area contributed by atoms with Crippen molar-refractivity contribution in [1.82, 2.24) is 10.2 Å². The van der Waals surface area contributed by atoms with Crippen molar-refractivity contribution in [2.45, 2.75) is 50.0 Å². The highest BCUT2D eigenvalue weighted by molar-refractivity contribution is 6.02. The van der Waals surface area contributed by atoms with Crippen LogP contribution in [0.15, 0.2) is 109 Å². The van der Waals surface area contributed by atoms with E-state index in [1.54, 1.807) is 6.07 Å². The number of carbonyl (C=O) groups is 2. The molecular weight excluding hydrogens is 544 g/mol. The van der Waals surface area contributed by atoms with Crippen molar-refractivity contribution in [3.63, 3.8) is 0 Å². The van der Waals surface area contributed by atoms with Crippen molar-refractivity contribution < 1.29 is 14.7 Å². The van der Waals surface area contributed by atoms with Crippen LogP contribution < -0.4 is 5.32 Å². The number of likely N-dealkylation sites (tertiary alicyclic amines) is 1. The number of carbonyl (C=O) groups excluding carboxylic acids is 2. The molecule has 0 spiro atoms. The Bertz CT molecular complexity index is 1530. The van der Waals surface area contributed by atoms with Gasteiger partial charge in [-0.25, -0.2) is 0 Å². The maximum atomic E-state index is 13.4. The third-order valence-electron chi connectivity index (χ3n) is 9.65. The Balaban J connectivity index is 1.04. The Kier molecular flexibility index (Phi) is 9.64. The summed E-state index contributed by atoms with van der Waals surface area (Å²) in [6, 6.07) is 35.7. The van der Waals surface area contributed by atoms with Crippen LogP contribution in [0.2, 0.25) is 0 Å². The van der Waals surface area contributed by atoms with Crippen LogP contribution in [0.25, 0.3) is 0 Å². The van der Waals surface area contributed by atoms with E-state index >= 15 is 0 Å². The van der Waals surface area contributed by atoms with Crippen LogP contribution in [0.5, 0.6) is 0 Å². The fourth-order valence-corrected chi connectivity index (χ4v) is 6.99. The van der Waals surface area contributed by atoms with E-state index in [1.165, 1.54) is 18.4 Å². The van der Waals surface area contributed by atoms with Crippen LogP contribution >= 0.6 is 0 Å². The first-order valence-corrected chi connectivity index (χ1v) is 16.1. The van der Waals surface area contributed by atoms with Gasteiger partial charge in [0, 0.05) is 29.5 Å². The molecule has 44 heavy (non-hydrogen) atoms. The van der Waals surface area contributed by atoms with Gasteiger partial charge in [-0.15, -0.1) is 0 Å². The Morgan fingerprint density at radius 1 is 0.818 bits per heavy atom. The number of amides is 1. The minimum Gasteiger partial charge on any atom is -0.388 e. The average Bonchev–Trinajstić information content (AvgIpc) is 3.09. The van der Waals surface area contributed by atoms with E-state index in [0.717, 1.165) is 61.2 Å². The lowest BCUT2D eigenvalue weighted by molar-refractivity contribution is 0.0874. The molecule has 1 amide bonds. The van der Waals surface area contributed by atoms with Gasteiger partial charge in [0.1, 0.15) is 0 Å². The number of ketones is 1. The number of hydrogen-bond donors (Lipinski definition) is 2. The van der Waals surface area contributed by atoms with Crippen LogP contribution in [0.3, 0.4) is 0 Å². The number of fused-ring (bicyclic) bond motifs is 1. The predicted molar refractivity (Wildman–Crippen MR) is 175 cm³/mol. The summed E-state index contributed by atoms with van der Waals surface area (Å²) >= 11 is 0. The number of rotatable bonds is 10. The quantitative estimate of drug-likeness (QED) is 0.211. The Labute approximate surface area is 260 Å². The first-order chi connectivity index (χ1) is 21.6. The highest BCUT2D eigenvalue weighted by Crippen LogP contribution is 2.32. The Morgan fingerprint density at radius 3 is 2.14 bits per heavy atom. The Morgan fingerprint density at radius 2 is 1.45 bits per heavy atom. The molecule has 0 saturated carbocycles. The molecule has 0 bridgehead atoms. The summed E-state index contributed by atoms with van der Waals surface area (Å²) in [5, 5.41) is 14.3. The van der Waals surface area contributed by atoms with Gasteiger partial charge in [-0.3, -0.25) is 9.59 Å². The summed E-state index contributed by atoms with van der Waals surface area (Å²) in [5.74, 6) is 0.405. The van der Waals surface area contributed by atoms with Crippen molar-refractivity contribution in [2.75, 3.05) is 26.2 Å². The number of aliphatic hydroxyl groups excluding tert-OH is 1. The molecule has 1 heterocycles. The predicted octanol–water partition coefficient (Wildman–Crippen LogP) is 6.95. The van der Waals surface area contributed by atoms with Gasteiger partial charge in [0.05, 0.1) is 6.10 Å². The molecule has 5 nitrogen and oxygen atoms in total. The molecule has 3 atom stereocenters. The summed E-state index contributed by atoms with van der Waals surface area (Å²) in [7, 11) is 0. The summed E-state index contributed by atoms with van der Waals surface area (Å²) in [4.78, 5) is 29.2. The van der Waals surface area contributed by atoms with Crippen LogP contribution in [0.1, 0.15) is 86.6 Å². The standard InChI is InChI=1S/C39H42N2O3/c42-37-32(22-25-41-23-20-29(21-24-41)28-10-4-1-5-11-28)16-17-33-26-34(18-19-35(33)37)39(44)40-27-36(30-12-6-2-7-13-30)38(43)31-14-8-3-9-15-31/h1-15,18-19,26,29,32,36,38,43H,16-17,20-25,27H2,(H,40,44). The number of Topliss-reactive ketones (excluding diaryl/α,β-unsaturated/α-hetero) is 1. The van der Waals surface area contributed by atoms with Crippen LogP contribution in [0.4, 0.5) is 0 Å². The fourth-order valence-electron chi connectivity index (χ4n) is 6.99. The molecule has 1 fully saturated rings. The van der Waals surface area contributed by atoms with Crippen LogP contribution in [-0.4, -0.2) is 47.9 Å². The Hall–Kier alpha value is -4.06. The molecule has 5 heteroatoms. The average molecular weight is 587 g/mol. The van der Waals surface area contributed by atoms with Crippen molar-refractivity contribution in [2.24, 2.45) is 5.92 Å². The van der Waals surface area contributed by atoms with E-state index in [2.05, 4.69) is 40.5 Å². The van der Waals surface area contributed by atoms with Gasteiger partial charge in [-0.05, 0) is 92.0 Å². The number of nitrogens with one attached hydrogen (secondary N) is 1. The molecule has 0 aromatic heterocycles. The van der Waals surface area contributed by atoms with Crippen LogP contribution in [-0.2, 0) is 6.42 Å². The lowest BCUT2D eigenvalue weighted by atomic mass is 9.80. The van der Waals surface area contributed by atoms with E-state index < -0.39 is 6.10 Å². The van der Waals surface area contributed by atoms with Gasteiger partial charge in [0.15, 0.2) is 5.78 Å². The number of aliphatic hydroxyl groups is 1. The first kappa shape index (κ1) is 30.0.